The average molecular weight is 372 g/mol. The van der Waals surface area contributed by atoms with Crippen LogP contribution in [0, 0.1) is 0 Å². The Labute approximate surface area is 139 Å². The van der Waals surface area contributed by atoms with E-state index in [0.717, 1.165) is 18.2 Å². The van der Waals surface area contributed by atoms with E-state index in [1.807, 2.05) is 0 Å². The molecule has 0 saturated heterocycles. The predicted octanol–water partition coefficient (Wildman–Crippen LogP) is 5.07. The molecule has 0 spiro atoms. The van der Waals surface area contributed by atoms with Gasteiger partial charge in [0, 0.05) is 0 Å². The second kappa shape index (κ2) is 7.31. The molecule has 2 N–H and O–H groups in total. The molecule has 0 aliphatic carbocycles. The van der Waals surface area contributed by atoms with E-state index in [9.17, 15) is 26.3 Å². The van der Waals surface area contributed by atoms with Gasteiger partial charge in [0.2, 0.25) is 0 Å². The number of hydrogen-bond acceptors (Lipinski definition) is 2. The first-order valence-electron chi connectivity index (χ1n) is 6.35. The topological polar surface area (TPSA) is 35.2 Å². The third-order valence-corrected chi connectivity index (χ3v) is 3.07. The van der Waals surface area contributed by atoms with Gasteiger partial charge in [0.1, 0.15) is 5.75 Å². The Morgan fingerprint density at radius 2 is 1.38 bits per heavy atom. The number of hydrogen-bond donors (Lipinski definition) is 1. The molecule has 0 fully saturated rings. The van der Waals surface area contributed by atoms with Crippen molar-refractivity contribution in [2.75, 3.05) is 0 Å². The van der Waals surface area contributed by atoms with Crippen molar-refractivity contribution in [3.8, 4) is 5.75 Å². The summed E-state index contributed by atoms with van der Waals surface area (Å²) in [5.74, 6) is -0.474. The van der Waals surface area contributed by atoms with Crippen LogP contribution in [-0.4, -0.2) is 6.36 Å². The molecule has 132 valence electrons. The van der Waals surface area contributed by atoms with E-state index in [1.165, 1.54) is 30.3 Å². The minimum absolute atomic E-state index is 0. The molecule has 0 unspecified atom stereocenters. The quantitative estimate of drug-likeness (QED) is 0.764. The fourth-order valence-electron chi connectivity index (χ4n) is 2.08. The summed E-state index contributed by atoms with van der Waals surface area (Å²) in [6.07, 6.45) is -9.42. The number of ether oxygens (including phenoxy) is 1. The summed E-state index contributed by atoms with van der Waals surface area (Å²) < 4.78 is 78.9. The van der Waals surface area contributed by atoms with Crippen molar-refractivity contribution < 1.29 is 31.1 Å². The molecule has 9 heteroatoms. The lowest BCUT2D eigenvalue weighted by Crippen LogP contribution is -2.19. The third-order valence-electron chi connectivity index (χ3n) is 3.07. The molecule has 0 amide bonds. The highest BCUT2D eigenvalue weighted by Gasteiger charge is 2.34. The Morgan fingerprint density at radius 1 is 0.833 bits per heavy atom. The van der Waals surface area contributed by atoms with Crippen LogP contribution in [0.25, 0.3) is 0 Å². The summed E-state index contributed by atoms with van der Waals surface area (Å²) in [4.78, 5) is 0. The highest BCUT2D eigenvalue weighted by Crippen LogP contribution is 2.36. The Morgan fingerprint density at radius 3 is 1.88 bits per heavy atom. The van der Waals surface area contributed by atoms with Crippen molar-refractivity contribution in [2.24, 2.45) is 5.73 Å². The van der Waals surface area contributed by atoms with Crippen LogP contribution in [0.15, 0.2) is 48.5 Å². The maximum absolute atomic E-state index is 13.0. The fourth-order valence-corrected chi connectivity index (χ4v) is 2.08. The summed E-state index contributed by atoms with van der Waals surface area (Å²) in [5, 5.41) is 0. The first kappa shape index (κ1) is 20.1. The Hall–Kier alpha value is -1.93. The van der Waals surface area contributed by atoms with E-state index in [4.69, 9.17) is 5.73 Å². The average Bonchev–Trinajstić information content (AvgIpc) is 2.45. The number of nitrogens with two attached hydrogens (primary N) is 1. The molecule has 0 aliphatic rings. The van der Waals surface area contributed by atoms with Crippen molar-refractivity contribution in [3.63, 3.8) is 0 Å². The molecular formula is C15H12ClF6NO. The summed E-state index contributed by atoms with van der Waals surface area (Å²) in [7, 11) is 0. The Bertz CT molecular complexity index is 669. The first-order chi connectivity index (χ1) is 10.6. The maximum atomic E-state index is 13.0. The molecule has 0 saturated carbocycles. The van der Waals surface area contributed by atoms with Gasteiger partial charge >= 0.3 is 12.5 Å². The minimum Gasteiger partial charge on any atom is -0.406 e. The second-order valence-electron chi connectivity index (χ2n) is 4.68. The molecule has 0 aliphatic heterocycles. The lowest BCUT2D eigenvalue weighted by Gasteiger charge is -2.19. The highest BCUT2D eigenvalue weighted by atomic mass is 35.5. The van der Waals surface area contributed by atoms with E-state index in [-0.39, 0.29) is 23.5 Å². The largest absolute Gasteiger partial charge is 0.573 e. The zero-order valence-corrected chi connectivity index (χ0v) is 12.7. The summed E-state index contributed by atoms with van der Waals surface area (Å²) in [6.45, 7) is 0. The predicted molar refractivity (Wildman–Crippen MR) is 77.8 cm³/mol. The van der Waals surface area contributed by atoms with Gasteiger partial charge in [-0.15, -0.1) is 25.6 Å². The van der Waals surface area contributed by atoms with Gasteiger partial charge in [-0.3, -0.25) is 0 Å². The molecule has 0 heterocycles. The van der Waals surface area contributed by atoms with Crippen LogP contribution in [0.5, 0.6) is 5.75 Å². The number of rotatable bonds is 3. The number of alkyl halides is 6. The highest BCUT2D eigenvalue weighted by molar-refractivity contribution is 5.85. The number of benzene rings is 2. The monoisotopic (exact) mass is 371 g/mol. The Kier molecular flexibility index (Phi) is 6.13. The molecule has 1 atom stereocenters. The van der Waals surface area contributed by atoms with Gasteiger partial charge in [-0.05, 0) is 29.3 Å². The summed E-state index contributed by atoms with van der Waals surface area (Å²) >= 11 is 0. The van der Waals surface area contributed by atoms with Crippen LogP contribution in [0.2, 0.25) is 0 Å². The van der Waals surface area contributed by atoms with Gasteiger partial charge in [-0.1, -0.05) is 30.3 Å². The summed E-state index contributed by atoms with van der Waals surface area (Å²) in [6, 6.07) is 8.03. The van der Waals surface area contributed by atoms with Crippen molar-refractivity contribution in [1.82, 2.24) is 0 Å². The van der Waals surface area contributed by atoms with Gasteiger partial charge in [-0.25, -0.2) is 0 Å². The number of halogens is 7. The van der Waals surface area contributed by atoms with Gasteiger partial charge in [0.25, 0.3) is 0 Å². The SMILES string of the molecule is Cl.N[C@H](c1ccc(OC(F)(F)F)cc1)c1ccccc1C(F)(F)F. The van der Waals surface area contributed by atoms with Gasteiger partial charge < -0.3 is 10.5 Å². The molecule has 0 aromatic heterocycles. The van der Waals surface area contributed by atoms with Crippen LogP contribution in [0.3, 0.4) is 0 Å². The molecule has 2 nitrogen and oxygen atoms in total. The van der Waals surface area contributed by atoms with Crippen molar-refractivity contribution in [1.29, 1.82) is 0 Å². The Balaban J connectivity index is 0.00000288. The second-order valence-corrected chi connectivity index (χ2v) is 4.68. The fraction of sp³-hybridized carbons (Fsp3) is 0.200. The molecular weight excluding hydrogens is 360 g/mol. The van der Waals surface area contributed by atoms with Gasteiger partial charge in [0.15, 0.2) is 0 Å². The molecule has 2 aromatic rings. The van der Waals surface area contributed by atoms with E-state index in [1.54, 1.807) is 0 Å². The minimum atomic E-state index is -4.84. The van der Waals surface area contributed by atoms with E-state index in [0.29, 0.717) is 0 Å². The zero-order chi connectivity index (χ0) is 17.3. The third kappa shape index (κ3) is 5.04. The zero-order valence-electron chi connectivity index (χ0n) is 11.9. The lowest BCUT2D eigenvalue weighted by atomic mass is 9.95. The maximum Gasteiger partial charge on any atom is 0.573 e. The van der Waals surface area contributed by atoms with E-state index in [2.05, 4.69) is 4.74 Å². The van der Waals surface area contributed by atoms with Crippen LogP contribution in [0.4, 0.5) is 26.3 Å². The van der Waals surface area contributed by atoms with Crippen LogP contribution >= 0.6 is 12.4 Å². The molecule has 24 heavy (non-hydrogen) atoms. The smallest absolute Gasteiger partial charge is 0.406 e. The lowest BCUT2D eigenvalue weighted by molar-refractivity contribution is -0.274. The molecule has 2 aromatic carbocycles. The van der Waals surface area contributed by atoms with Crippen molar-refractivity contribution in [2.45, 2.75) is 18.6 Å². The van der Waals surface area contributed by atoms with Gasteiger partial charge in [-0.2, -0.15) is 13.2 Å². The normalized spacial score (nSPS) is 13.1. The summed E-state index contributed by atoms with van der Waals surface area (Å²) in [5.41, 5.74) is 5.01. The van der Waals surface area contributed by atoms with Crippen molar-refractivity contribution >= 4 is 12.4 Å². The van der Waals surface area contributed by atoms with Gasteiger partial charge in [0.05, 0.1) is 11.6 Å². The van der Waals surface area contributed by atoms with E-state index < -0.39 is 29.9 Å². The molecule has 0 radical (unpaired) electrons. The van der Waals surface area contributed by atoms with Crippen molar-refractivity contribution in [3.05, 3.63) is 65.2 Å². The molecule has 0 bridgehead atoms. The first-order valence-corrected chi connectivity index (χ1v) is 6.35. The van der Waals surface area contributed by atoms with Crippen LogP contribution < -0.4 is 10.5 Å². The molecule has 2 rings (SSSR count). The van der Waals surface area contributed by atoms with Crippen LogP contribution in [-0.2, 0) is 6.18 Å². The standard InChI is InChI=1S/C15H11F6NO.ClH/c16-14(17,18)12-4-2-1-3-11(12)13(22)9-5-7-10(8-6-9)23-15(19,20)21;/h1-8,13H,22H2;1H/t13-;/m1./s1. The van der Waals surface area contributed by atoms with Crippen LogP contribution in [0.1, 0.15) is 22.7 Å². The van der Waals surface area contributed by atoms with E-state index >= 15 is 0 Å².